The van der Waals surface area contributed by atoms with Gasteiger partial charge in [0.15, 0.2) is 0 Å². The van der Waals surface area contributed by atoms with E-state index in [1.165, 1.54) is 14.7 Å². The number of aliphatic imine (C=N–C) groups is 1. The van der Waals surface area contributed by atoms with Crippen LogP contribution in [-0.2, 0) is 16.0 Å². The summed E-state index contributed by atoms with van der Waals surface area (Å²) in [5.41, 5.74) is -0.000929. The number of ether oxygens (including phenoxy) is 2. The second kappa shape index (κ2) is 10.7. The Bertz CT molecular complexity index is 985. The van der Waals surface area contributed by atoms with Gasteiger partial charge in [-0.05, 0) is 65.7 Å². The van der Waals surface area contributed by atoms with E-state index in [1.807, 2.05) is 19.1 Å². The van der Waals surface area contributed by atoms with Crippen LogP contribution in [0.2, 0.25) is 5.02 Å². The van der Waals surface area contributed by atoms with Gasteiger partial charge in [-0.25, -0.2) is 19.3 Å². The molecule has 10 nitrogen and oxygen atoms in total. The van der Waals surface area contributed by atoms with Crippen molar-refractivity contribution < 1.29 is 23.9 Å². The highest BCUT2D eigenvalue weighted by Gasteiger charge is 2.35. The molecule has 2 rings (SSSR count). The Morgan fingerprint density at radius 1 is 1.03 bits per heavy atom. The number of amides is 4. The van der Waals surface area contributed by atoms with E-state index >= 15 is 0 Å². The molecule has 0 aromatic heterocycles. The van der Waals surface area contributed by atoms with Crippen LogP contribution < -0.4 is 0 Å². The maximum atomic E-state index is 13.4. The summed E-state index contributed by atoms with van der Waals surface area (Å²) in [6.45, 7) is 12.5. The maximum absolute atomic E-state index is 13.4. The van der Waals surface area contributed by atoms with E-state index in [1.54, 1.807) is 66.6 Å². The topological polar surface area (TPSA) is 95.0 Å². The minimum Gasteiger partial charge on any atom is -0.443 e. The molecule has 0 radical (unpaired) electrons. The minimum absolute atomic E-state index is 0.00334. The Morgan fingerprint density at radius 2 is 1.57 bits per heavy atom. The number of carbonyl (C=O) groups is 3. The van der Waals surface area contributed by atoms with Crippen LogP contribution >= 0.6 is 11.6 Å². The average Bonchev–Trinajstić information content (AvgIpc) is 2.68. The third-order valence-electron chi connectivity index (χ3n) is 4.72. The number of hydrogen-bond acceptors (Lipinski definition) is 5. The minimum atomic E-state index is -0.870. The molecular weight excluding hydrogens is 474 g/mol. The quantitative estimate of drug-likeness (QED) is 0.416. The highest BCUT2D eigenvalue weighted by atomic mass is 35.5. The van der Waals surface area contributed by atoms with Crippen LogP contribution in [0, 0.1) is 6.92 Å². The van der Waals surface area contributed by atoms with Crippen molar-refractivity contribution in [3.8, 4) is 0 Å². The first-order chi connectivity index (χ1) is 16.0. The Balaban J connectivity index is 2.59. The average molecular weight is 510 g/mol. The number of hydrogen-bond donors (Lipinski definition) is 0. The molecule has 194 valence electrons. The molecule has 1 saturated heterocycles. The third kappa shape index (κ3) is 8.31. The first kappa shape index (κ1) is 28.2. The highest BCUT2D eigenvalue weighted by molar-refractivity contribution is 6.31. The van der Waals surface area contributed by atoms with Crippen molar-refractivity contribution in [2.45, 2.75) is 66.2 Å². The van der Waals surface area contributed by atoms with E-state index in [9.17, 15) is 14.4 Å². The van der Waals surface area contributed by atoms with Crippen molar-refractivity contribution in [2.24, 2.45) is 4.99 Å². The van der Waals surface area contributed by atoms with Crippen LogP contribution in [0.15, 0.2) is 23.2 Å². The highest BCUT2D eigenvalue weighted by Crippen LogP contribution is 2.21. The fraction of sp³-hybridized carbons (Fsp3) is 0.583. The lowest BCUT2D eigenvalue weighted by Gasteiger charge is -2.42. The number of nitrogens with zero attached hydrogens (tertiary/aromatic N) is 5. The lowest BCUT2D eigenvalue weighted by atomic mass is 10.1. The predicted molar refractivity (Wildman–Crippen MR) is 134 cm³/mol. The zero-order valence-corrected chi connectivity index (χ0v) is 22.8. The molecule has 0 saturated carbocycles. The van der Waals surface area contributed by atoms with Crippen molar-refractivity contribution in [3.05, 3.63) is 34.3 Å². The van der Waals surface area contributed by atoms with Gasteiger partial charge in [0, 0.05) is 19.1 Å². The van der Waals surface area contributed by atoms with Gasteiger partial charge in [0.2, 0.25) is 5.96 Å². The molecule has 1 aromatic carbocycles. The molecule has 0 spiro atoms. The van der Waals surface area contributed by atoms with Gasteiger partial charge in [0.1, 0.15) is 11.2 Å². The summed E-state index contributed by atoms with van der Waals surface area (Å²) in [5, 5.41) is 0.542. The summed E-state index contributed by atoms with van der Waals surface area (Å²) in [7, 11) is 3.24. The largest absolute Gasteiger partial charge is 0.443 e. The molecule has 1 aliphatic rings. The Kier molecular flexibility index (Phi) is 8.65. The fourth-order valence-corrected chi connectivity index (χ4v) is 3.42. The summed E-state index contributed by atoms with van der Waals surface area (Å²) in [6.07, 6.45) is -1.58. The van der Waals surface area contributed by atoms with Gasteiger partial charge in [0.25, 0.3) is 0 Å². The molecule has 0 aliphatic carbocycles. The SMILES string of the molecule is Cc1ccc(CN(C(=O)OC(C)(C)C)/C(=N/C(=O)OC(C)(C)C)N2CN(C)C(=O)N(C)C2)cc1Cl. The smallest absolute Gasteiger partial charge is 0.437 e. The van der Waals surface area contributed by atoms with E-state index in [4.69, 9.17) is 21.1 Å². The Labute approximate surface area is 212 Å². The Hall–Kier alpha value is -3.01. The number of halogens is 1. The number of carbonyl (C=O) groups excluding carboxylic acids is 3. The molecular formula is C24H36ClN5O5. The molecule has 1 aliphatic heterocycles. The van der Waals surface area contributed by atoms with Gasteiger partial charge in [-0.2, -0.15) is 0 Å². The molecule has 0 N–H and O–H groups in total. The van der Waals surface area contributed by atoms with E-state index in [2.05, 4.69) is 4.99 Å². The zero-order valence-electron chi connectivity index (χ0n) is 22.0. The van der Waals surface area contributed by atoms with Gasteiger partial charge >= 0.3 is 18.2 Å². The molecule has 4 amide bonds. The van der Waals surface area contributed by atoms with Crippen LogP contribution in [-0.4, -0.2) is 82.4 Å². The monoisotopic (exact) mass is 509 g/mol. The second-order valence-electron chi connectivity index (χ2n) is 10.5. The van der Waals surface area contributed by atoms with Crippen LogP contribution in [0.4, 0.5) is 14.4 Å². The number of aryl methyl sites for hydroxylation is 1. The number of rotatable bonds is 2. The van der Waals surface area contributed by atoms with Crippen molar-refractivity contribution in [1.29, 1.82) is 0 Å². The fourth-order valence-electron chi connectivity index (χ4n) is 3.22. The summed E-state index contributed by atoms with van der Waals surface area (Å²) in [6, 6.07) is 5.22. The lowest BCUT2D eigenvalue weighted by molar-refractivity contribution is 0.0300. The molecule has 0 bridgehead atoms. The second-order valence-corrected chi connectivity index (χ2v) is 11.0. The number of guanidine groups is 1. The summed E-state index contributed by atoms with van der Waals surface area (Å²) < 4.78 is 11.1. The molecule has 1 aromatic rings. The van der Waals surface area contributed by atoms with Gasteiger partial charge in [-0.3, -0.25) is 0 Å². The Morgan fingerprint density at radius 3 is 2.06 bits per heavy atom. The predicted octanol–water partition coefficient (Wildman–Crippen LogP) is 4.89. The van der Waals surface area contributed by atoms with Crippen molar-refractivity contribution in [3.63, 3.8) is 0 Å². The van der Waals surface area contributed by atoms with Crippen molar-refractivity contribution >= 4 is 35.8 Å². The van der Waals surface area contributed by atoms with Crippen LogP contribution in [0.5, 0.6) is 0 Å². The molecule has 35 heavy (non-hydrogen) atoms. The summed E-state index contributed by atoms with van der Waals surface area (Å²) in [4.78, 5) is 48.5. The van der Waals surface area contributed by atoms with E-state index < -0.39 is 23.4 Å². The van der Waals surface area contributed by atoms with E-state index in [-0.39, 0.29) is 31.9 Å². The number of urea groups is 1. The first-order valence-electron chi connectivity index (χ1n) is 11.3. The maximum Gasteiger partial charge on any atom is 0.437 e. The molecule has 0 unspecified atom stereocenters. The summed E-state index contributed by atoms with van der Waals surface area (Å²) in [5.74, 6) is -0.00334. The third-order valence-corrected chi connectivity index (χ3v) is 5.13. The normalized spacial score (nSPS) is 15.3. The first-order valence-corrected chi connectivity index (χ1v) is 11.6. The van der Waals surface area contributed by atoms with Gasteiger partial charge in [-0.1, -0.05) is 23.7 Å². The van der Waals surface area contributed by atoms with Gasteiger partial charge in [-0.15, -0.1) is 4.99 Å². The molecule has 0 atom stereocenters. The van der Waals surface area contributed by atoms with Crippen LogP contribution in [0.3, 0.4) is 0 Å². The zero-order chi connectivity index (χ0) is 26.7. The molecule has 1 heterocycles. The van der Waals surface area contributed by atoms with Gasteiger partial charge in [0.05, 0.1) is 19.9 Å². The number of benzene rings is 1. The van der Waals surface area contributed by atoms with E-state index in [0.29, 0.717) is 10.6 Å². The molecule has 1 fully saturated rings. The lowest BCUT2D eigenvalue weighted by Crippen LogP contribution is -2.60. The van der Waals surface area contributed by atoms with Crippen LogP contribution in [0.25, 0.3) is 0 Å². The van der Waals surface area contributed by atoms with Crippen LogP contribution in [0.1, 0.15) is 52.7 Å². The van der Waals surface area contributed by atoms with Gasteiger partial charge < -0.3 is 24.2 Å². The standard InChI is InChI=1S/C24H36ClN5O5/c1-16-10-11-17(12-18(16)25)13-30(22(33)35-24(5,6)7)19(26-20(31)34-23(2,3)4)29-14-27(8)21(32)28(9)15-29/h10-12H,13-15H2,1-9H3/b26-19+. The van der Waals surface area contributed by atoms with E-state index in [0.717, 1.165) is 5.56 Å². The molecule has 11 heteroatoms. The van der Waals surface area contributed by atoms with Crippen molar-refractivity contribution in [1.82, 2.24) is 19.6 Å². The summed E-state index contributed by atoms with van der Waals surface area (Å²) >= 11 is 6.32. The van der Waals surface area contributed by atoms with Crippen molar-refractivity contribution in [2.75, 3.05) is 27.4 Å².